The van der Waals surface area contributed by atoms with Crippen LogP contribution >= 0.6 is 11.8 Å². The lowest BCUT2D eigenvalue weighted by molar-refractivity contribution is 0.208. The van der Waals surface area contributed by atoms with Crippen LogP contribution in [0.3, 0.4) is 0 Å². The number of nitrogens with zero attached hydrogens (tertiary/aromatic N) is 2. The number of aliphatic hydroxyl groups excluding tert-OH is 1. The molecular formula is C8H15N3OS. The molecule has 4 nitrogen and oxygen atoms in total. The third-order valence-electron chi connectivity index (χ3n) is 1.65. The molecule has 1 aromatic heterocycles. The Bertz CT molecular complexity index is 274. The van der Waals surface area contributed by atoms with Crippen LogP contribution in [0.15, 0.2) is 11.1 Å². The van der Waals surface area contributed by atoms with E-state index >= 15 is 0 Å². The number of rotatable bonds is 4. The summed E-state index contributed by atoms with van der Waals surface area (Å²) in [5.41, 5.74) is 6.29. The zero-order valence-corrected chi connectivity index (χ0v) is 8.71. The lowest BCUT2D eigenvalue weighted by Gasteiger charge is -2.06. The second-order valence-electron chi connectivity index (χ2n) is 2.95. The molecule has 13 heavy (non-hydrogen) atoms. The van der Waals surface area contributed by atoms with E-state index in [0.717, 1.165) is 10.7 Å². The maximum Gasteiger partial charge on any atom is 0.0940 e. The first-order valence-electron chi connectivity index (χ1n) is 4.15. The smallest absolute Gasteiger partial charge is 0.0940 e. The quantitative estimate of drug-likeness (QED) is 0.680. The summed E-state index contributed by atoms with van der Waals surface area (Å²) in [6.45, 7) is 2.26. The van der Waals surface area contributed by atoms with Crippen molar-refractivity contribution >= 4 is 11.8 Å². The highest BCUT2D eigenvalue weighted by atomic mass is 32.2. The van der Waals surface area contributed by atoms with E-state index in [-0.39, 0.29) is 0 Å². The molecule has 0 aliphatic heterocycles. The molecule has 0 saturated carbocycles. The van der Waals surface area contributed by atoms with E-state index in [4.69, 9.17) is 5.73 Å². The summed E-state index contributed by atoms with van der Waals surface area (Å²) in [6.07, 6.45) is -0.430. The van der Waals surface area contributed by atoms with Crippen molar-refractivity contribution in [2.45, 2.75) is 18.1 Å². The first-order valence-corrected chi connectivity index (χ1v) is 5.13. The minimum Gasteiger partial charge on any atom is -0.391 e. The van der Waals surface area contributed by atoms with E-state index in [2.05, 4.69) is 5.10 Å². The van der Waals surface area contributed by atoms with Crippen molar-refractivity contribution in [1.82, 2.24) is 9.78 Å². The Kier molecular flexibility index (Phi) is 3.77. The van der Waals surface area contributed by atoms with Crippen LogP contribution in [0, 0.1) is 6.92 Å². The summed E-state index contributed by atoms with van der Waals surface area (Å²) in [5.74, 6) is 0.621. The Labute approximate surface area is 82.1 Å². The zero-order valence-electron chi connectivity index (χ0n) is 7.90. The fourth-order valence-corrected chi connectivity index (χ4v) is 1.95. The number of thioether (sulfide) groups is 1. The molecule has 0 aliphatic rings. The number of aromatic nitrogens is 2. The molecule has 1 unspecified atom stereocenters. The average molecular weight is 201 g/mol. The van der Waals surface area contributed by atoms with Crippen molar-refractivity contribution < 1.29 is 5.11 Å². The lowest BCUT2D eigenvalue weighted by Crippen LogP contribution is -2.22. The Morgan fingerprint density at radius 1 is 1.77 bits per heavy atom. The standard InChI is InChI=1S/C8H15N3OS/c1-6-3-8(11(2)10-6)13-5-7(12)4-9/h3,7,12H,4-5,9H2,1-2H3. The second kappa shape index (κ2) is 4.64. The third-order valence-corrected chi connectivity index (χ3v) is 2.88. The SMILES string of the molecule is Cc1cc(SCC(O)CN)n(C)n1. The summed E-state index contributed by atoms with van der Waals surface area (Å²) < 4.78 is 1.81. The molecule has 74 valence electrons. The van der Waals surface area contributed by atoms with E-state index in [0.29, 0.717) is 12.3 Å². The minimum absolute atomic E-state index is 0.309. The van der Waals surface area contributed by atoms with Gasteiger partial charge in [0.25, 0.3) is 0 Å². The molecule has 0 radical (unpaired) electrons. The van der Waals surface area contributed by atoms with Crippen molar-refractivity contribution in [2.24, 2.45) is 12.8 Å². The van der Waals surface area contributed by atoms with Crippen molar-refractivity contribution in [1.29, 1.82) is 0 Å². The van der Waals surface area contributed by atoms with E-state index < -0.39 is 6.10 Å². The molecule has 0 bridgehead atoms. The van der Waals surface area contributed by atoms with Gasteiger partial charge in [0.1, 0.15) is 0 Å². The lowest BCUT2D eigenvalue weighted by atomic mass is 10.4. The summed E-state index contributed by atoms with van der Waals surface area (Å²) in [7, 11) is 1.89. The van der Waals surface area contributed by atoms with Crippen LogP contribution < -0.4 is 5.73 Å². The summed E-state index contributed by atoms with van der Waals surface area (Å²) in [4.78, 5) is 0. The van der Waals surface area contributed by atoms with Gasteiger partial charge in [-0.2, -0.15) is 5.10 Å². The zero-order chi connectivity index (χ0) is 9.84. The van der Waals surface area contributed by atoms with Gasteiger partial charge in [-0.05, 0) is 13.0 Å². The molecule has 0 aliphatic carbocycles. The number of aliphatic hydroxyl groups is 1. The Morgan fingerprint density at radius 3 is 2.92 bits per heavy atom. The van der Waals surface area contributed by atoms with Crippen molar-refractivity contribution in [3.63, 3.8) is 0 Å². The fourth-order valence-electron chi connectivity index (χ4n) is 0.972. The van der Waals surface area contributed by atoms with Crippen molar-refractivity contribution in [3.8, 4) is 0 Å². The Morgan fingerprint density at radius 2 is 2.46 bits per heavy atom. The van der Waals surface area contributed by atoms with E-state index in [1.54, 1.807) is 11.8 Å². The van der Waals surface area contributed by atoms with Gasteiger partial charge in [-0.3, -0.25) is 4.68 Å². The van der Waals surface area contributed by atoms with Crippen LogP contribution in [0.2, 0.25) is 0 Å². The van der Waals surface area contributed by atoms with Crippen LogP contribution in [0.1, 0.15) is 5.69 Å². The highest BCUT2D eigenvalue weighted by molar-refractivity contribution is 7.99. The third kappa shape index (κ3) is 3.02. The van der Waals surface area contributed by atoms with Gasteiger partial charge < -0.3 is 10.8 Å². The van der Waals surface area contributed by atoms with Crippen LogP contribution in [0.4, 0.5) is 0 Å². The van der Waals surface area contributed by atoms with Gasteiger partial charge in [-0.1, -0.05) is 0 Å². The second-order valence-corrected chi connectivity index (χ2v) is 3.99. The van der Waals surface area contributed by atoms with Gasteiger partial charge in [0.05, 0.1) is 16.8 Å². The van der Waals surface area contributed by atoms with Gasteiger partial charge in [-0.15, -0.1) is 11.8 Å². The number of hydrogen-bond acceptors (Lipinski definition) is 4. The topological polar surface area (TPSA) is 64.1 Å². The van der Waals surface area contributed by atoms with Crippen LogP contribution in [0.25, 0.3) is 0 Å². The summed E-state index contributed by atoms with van der Waals surface area (Å²) >= 11 is 1.57. The van der Waals surface area contributed by atoms with E-state index in [1.807, 2.05) is 24.7 Å². The number of aryl methyl sites for hydroxylation is 2. The highest BCUT2D eigenvalue weighted by Crippen LogP contribution is 2.18. The molecular weight excluding hydrogens is 186 g/mol. The van der Waals surface area contributed by atoms with Gasteiger partial charge in [0.15, 0.2) is 0 Å². The molecule has 0 aromatic carbocycles. The summed E-state index contributed by atoms with van der Waals surface area (Å²) in [6, 6.07) is 1.99. The van der Waals surface area contributed by atoms with E-state index in [1.165, 1.54) is 0 Å². The predicted molar refractivity (Wildman–Crippen MR) is 53.7 cm³/mol. The maximum atomic E-state index is 9.24. The van der Waals surface area contributed by atoms with E-state index in [9.17, 15) is 5.11 Å². The van der Waals surface area contributed by atoms with Crippen LogP contribution in [-0.2, 0) is 7.05 Å². The molecule has 0 amide bonds. The molecule has 1 atom stereocenters. The number of hydrogen-bond donors (Lipinski definition) is 2. The molecule has 0 spiro atoms. The highest BCUT2D eigenvalue weighted by Gasteiger charge is 2.06. The van der Waals surface area contributed by atoms with Crippen LogP contribution in [-0.4, -0.2) is 33.3 Å². The molecule has 3 N–H and O–H groups in total. The maximum absolute atomic E-state index is 9.24. The molecule has 1 heterocycles. The molecule has 5 heteroatoms. The van der Waals surface area contributed by atoms with Gasteiger partial charge in [0.2, 0.25) is 0 Å². The van der Waals surface area contributed by atoms with Crippen LogP contribution in [0.5, 0.6) is 0 Å². The van der Waals surface area contributed by atoms with Gasteiger partial charge >= 0.3 is 0 Å². The normalized spacial score (nSPS) is 13.2. The Hall–Kier alpha value is -0.520. The first-order chi connectivity index (χ1) is 6.13. The molecule has 1 aromatic rings. The Balaban J connectivity index is 2.49. The van der Waals surface area contributed by atoms with Gasteiger partial charge in [0, 0.05) is 19.3 Å². The van der Waals surface area contributed by atoms with Crippen molar-refractivity contribution in [2.75, 3.05) is 12.3 Å². The first kappa shape index (κ1) is 10.6. The largest absolute Gasteiger partial charge is 0.391 e. The minimum atomic E-state index is -0.430. The molecule has 1 rings (SSSR count). The number of nitrogens with two attached hydrogens (primary N) is 1. The monoisotopic (exact) mass is 201 g/mol. The summed E-state index contributed by atoms with van der Waals surface area (Å²) in [5, 5.41) is 14.5. The molecule has 0 saturated heterocycles. The fraction of sp³-hybridized carbons (Fsp3) is 0.625. The van der Waals surface area contributed by atoms with Crippen molar-refractivity contribution in [3.05, 3.63) is 11.8 Å². The molecule has 0 fully saturated rings. The predicted octanol–water partition coefficient (Wildman–Crippen LogP) is 0.140. The average Bonchev–Trinajstić information content (AvgIpc) is 2.41. The van der Waals surface area contributed by atoms with Gasteiger partial charge in [-0.25, -0.2) is 0 Å².